The van der Waals surface area contributed by atoms with Crippen LogP contribution in [0, 0.1) is 6.92 Å². The zero-order valence-electron chi connectivity index (χ0n) is 14.4. The van der Waals surface area contributed by atoms with E-state index in [1.807, 2.05) is 0 Å². The molecule has 1 fully saturated rings. The number of rotatable bonds is 2. The van der Waals surface area contributed by atoms with Gasteiger partial charge in [0.2, 0.25) is 0 Å². The Labute approximate surface area is 149 Å². The first-order chi connectivity index (χ1) is 12.3. The van der Waals surface area contributed by atoms with Crippen LogP contribution in [0.4, 0.5) is 13.2 Å². The Hall–Kier alpha value is -2.15. The highest BCUT2D eigenvalue weighted by atomic mass is 19.4. The van der Waals surface area contributed by atoms with Crippen LogP contribution in [0.1, 0.15) is 41.1 Å². The van der Waals surface area contributed by atoms with Crippen LogP contribution in [0.5, 0.6) is 0 Å². The first-order valence-electron chi connectivity index (χ1n) is 8.82. The highest BCUT2D eigenvalue weighted by molar-refractivity contribution is 5.27. The highest BCUT2D eigenvalue weighted by Gasteiger charge is 2.38. The van der Waals surface area contributed by atoms with Gasteiger partial charge in [-0.05, 0) is 43.9 Å². The number of alkyl halides is 3. The summed E-state index contributed by atoms with van der Waals surface area (Å²) in [5, 5.41) is 0. The van der Waals surface area contributed by atoms with Crippen molar-refractivity contribution >= 4 is 0 Å². The van der Waals surface area contributed by atoms with Crippen LogP contribution < -0.4 is 5.56 Å². The monoisotopic (exact) mass is 363 g/mol. The molecule has 0 aliphatic carbocycles. The molecule has 2 bridgehead atoms. The van der Waals surface area contributed by atoms with Crippen LogP contribution in [0.15, 0.2) is 29.1 Å². The number of aromatic nitrogens is 2. The van der Waals surface area contributed by atoms with E-state index < -0.39 is 11.7 Å². The number of aryl methyl sites for hydroxylation is 1. The molecule has 7 heteroatoms. The zero-order chi connectivity index (χ0) is 18.5. The van der Waals surface area contributed by atoms with Gasteiger partial charge in [0.1, 0.15) is 5.82 Å². The van der Waals surface area contributed by atoms with Gasteiger partial charge in [-0.3, -0.25) is 9.69 Å². The van der Waals surface area contributed by atoms with Gasteiger partial charge in [0.05, 0.1) is 11.3 Å². The second kappa shape index (κ2) is 6.23. The van der Waals surface area contributed by atoms with Crippen molar-refractivity contribution in [3.05, 3.63) is 62.8 Å². The standard InChI is InChI=1S/C19H20F3N3O/c1-11-23-17-9-15-7-6-14(8-16(17)18(26)24-11)25(15)10-12-2-4-13(5-3-12)19(20,21)22/h2-5,14-15H,6-10H2,1H3,(H,23,24,26)/t14-,15-/m1/s1. The van der Waals surface area contributed by atoms with Gasteiger partial charge in [0.25, 0.3) is 5.56 Å². The first kappa shape index (κ1) is 17.3. The largest absolute Gasteiger partial charge is 0.416 e. The summed E-state index contributed by atoms with van der Waals surface area (Å²) in [7, 11) is 0. The molecule has 2 aromatic rings. The van der Waals surface area contributed by atoms with E-state index >= 15 is 0 Å². The summed E-state index contributed by atoms with van der Waals surface area (Å²) in [6.07, 6.45) is -0.922. The fourth-order valence-corrected chi connectivity index (χ4v) is 4.23. The molecule has 3 heterocycles. The number of aromatic amines is 1. The Kier molecular flexibility index (Phi) is 4.14. The minimum Gasteiger partial charge on any atom is -0.311 e. The number of hydrogen-bond donors (Lipinski definition) is 1. The molecular weight excluding hydrogens is 343 g/mol. The van der Waals surface area contributed by atoms with E-state index in [0.717, 1.165) is 48.2 Å². The Bertz CT molecular complexity index is 873. The van der Waals surface area contributed by atoms with Crippen molar-refractivity contribution in [2.45, 2.75) is 57.4 Å². The van der Waals surface area contributed by atoms with E-state index in [0.29, 0.717) is 18.8 Å². The third kappa shape index (κ3) is 3.16. The van der Waals surface area contributed by atoms with Crippen LogP contribution >= 0.6 is 0 Å². The molecule has 2 aliphatic rings. The molecule has 4 nitrogen and oxygen atoms in total. The Morgan fingerprint density at radius 3 is 2.46 bits per heavy atom. The summed E-state index contributed by atoms with van der Waals surface area (Å²) in [5.41, 5.74) is 1.81. The van der Waals surface area contributed by atoms with Crippen molar-refractivity contribution in [3.63, 3.8) is 0 Å². The average molecular weight is 363 g/mol. The lowest BCUT2D eigenvalue weighted by atomic mass is 9.98. The third-order valence-electron chi connectivity index (χ3n) is 5.51. The number of nitrogens with one attached hydrogen (secondary N) is 1. The van der Waals surface area contributed by atoms with Gasteiger partial charge in [-0.25, -0.2) is 4.98 Å². The number of benzene rings is 1. The summed E-state index contributed by atoms with van der Waals surface area (Å²) in [6, 6.07) is 5.88. The number of fused-ring (bicyclic) bond motifs is 3. The predicted octanol–water partition coefficient (Wildman–Crippen LogP) is 3.23. The number of hydrogen-bond acceptors (Lipinski definition) is 3. The predicted molar refractivity (Wildman–Crippen MR) is 90.8 cm³/mol. The molecule has 0 radical (unpaired) electrons. The minimum atomic E-state index is -4.31. The molecule has 0 spiro atoms. The highest BCUT2D eigenvalue weighted by Crippen LogP contribution is 2.34. The Morgan fingerprint density at radius 1 is 1.15 bits per heavy atom. The van der Waals surface area contributed by atoms with Gasteiger partial charge in [0, 0.05) is 30.6 Å². The summed E-state index contributed by atoms with van der Waals surface area (Å²) in [6.45, 7) is 2.38. The van der Waals surface area contributed by atoms with E-state index in [1.54, 1.807) is 19.1 Å². The second-order valence-corrected chi connectivity index (χ2v) is 7.24. The fraction of sp³-hybridized carbons (Fsp3) is 0.474. The zero-order valence-corrected chi connectivity index (χ0v) is 14.4. The first-order valence-corrected chi connectivity index (χ1v) is 8.82. The smallest absolute Gasteiger partial charge is 0.311 e. The Morgan fingerprint density at radius 2 is 1.81 bits per heavy atom. The van der Waals surface area contributed by atoms with Gasteiger partial charge in [-0.2, -0.15) is 13.2 Å². The Balaban J connectivity index is 1.58. The summed E-state index contributed by atoms with van der Waals surface area (Å²) in [5.74, 6) is 0.626. The maximum Gasteiger partial charge on any atom is 0.416 e. The van der Waals surface area contributed by atoms with E-state index in [9.17, 15) is 18.0 Å². The van der Waals surface area contributed by atoms with Crippen molar-refractivity contribution in [2.24, 2.45) is 0 Å². The molecular formula is C19H20F3N3O. The van der Waals surface area contributed by atoms with Gasteiger partial charge in [-0.15, -0.1) is 0 Å². The number of H-pyrrole nitrogens is 1. The molecule has 1 aromatic carbocycles. The molecule has 138 valence electrons. The van der Waals surface area contributed by atoms with Gasteiger partial charge < -0.3 is 4.98 Å². The molecule has 4 rings (SSSR count). The van der Waals surface area contributed by atoms with E-state index in [2.05, 4.69) is 14.9 Å². The molecule has 0 saturated carbocycles. The molecule has 1 aromatic heterocycles. The van der Waals surface area contributed by atoms with Crippen LogP contribution in [0.2, 0.25) is 0 Å². The quantitative estimate of drug-likeness (QED) is 0.891. The lowest BCUT2D eigenvalue weighted by molar-refractivity contribution is -0.137. The number of halogens is 3. The fourth-order valence-electron chi connectivity index (χ4n) is 4.23. The number of nitrogens with zero attached hydrogens (tertiary/aromatic N) is 2. The van der Waals surface area contributed by atoms with Gasteiger partial charge >= 0.3 is 6.18 Å². The lowest BCUT2D eigenvalue weighted by Crippen LogP contribution is -2.36. The average Bonchev–Trinajstić information content (AvgIpc) is 2.83. The van der Waals surface area contributed by atoms with Crippen molar-refractivity contribution in [1.82, 2.24) is 14.9 Å². The van der Waals surface area contributed by atoms with Crippen LogP contribution in [-0.2, 0) is 25.6 Å². The second-order valence-electron chi connectivity index (χ2n) is 7.24. The van der Waals surface area contributed by atoms with Crippen LogP contribution in [-0.4, -0.2) is 27.0 Å². The summed E-state index contributed by atoms with van der Waals surface area (Å²) < 4.78 is 38.2. The molecule has 1 saturated heterocycles. The summed E-state index contributed by atoms with van der Waals surface area (Å²) >= 11 is 0. The van der Waals surface area contributed by atoms with Gasteiger partial charge in [0.15, 0.2) is 0 Å². The SMILES string of the molecule is Cc1nc2c(c(=O)[nH]1)C[C@H]1CC[C@H](C2)N1Cc1ccc(C(F)(F)F)cc1. The van der Waals surface area contributed by atoms with Crippen molar-refractivity contribution in [3.8, 4) is 0 Å². The van der Waals surface area contributed by atoms with E-state index in [-0.39, 0.29) is 17.6 Å². The van der Waals surface area contributed by atoms with Crippen molar-refractivity contribution in [1.29, 1.82) is 0 Å². The normalized spacial score (nSPS) is 22.9. The topological polar surface area (TPSA) is 49.0 Å². The van der Waals surface area contributed by atoms with Crippen LogP contribution in [0.3, 0.4) is 0 Å². The molecule has 2 atom stereocenters. The summed E-state index contributed by atoms with van der Waals surface area (Å²) in [4.78, 5) is 21.9. The molecule has 26 heavy (non-hydrogen) atoms. The minimum absolute atomic E-state index is 0.0606. The molecule has 0 amide bonds. The van der Waals surface area contributed by atoms with E-state index in [4.69, 9.17) is 0 Å². The van der Waals surface area contributed by atoms with Crippen molar-refractivity contribution < 1.29 is 13.2 Å². The van der Waals surface area contributed by atoms with Crippen LogP contribution in [0.25, 0.3) is 0 Å². The van der Waals surface area contributed by atoms with Crippen molar-refractivity contribution in [2.75, 3.05) is 0 Å². The molecule has 0 unspecified atom stereocenters. The van der Waals surface area contributed by atoms with Gasteiger partial charge in [-0.1, -0.05) is 12.1 Å². The molecule has 1 N–H and O–H groups in total. The third-order valence-corrected chi connectivity index (χ3v) is 5.51. The maximum absolute atomic E-state index is 12.7. The van der Waals surface area contributed by atoms with E-state index in [1.165, 1.54) is 0 Å². The lowest BCUT2D eigenvalue weighted by Gasteiger charge is -2.28. The maximum atomic E-state index is 12.7. The molecule has 2 aliphatic heterocycles.